The number of hydrogen-bond acceptors (Lipinski definition) is 1. The van der Waals surface area contributed by atoms with E-state index in [4.69, 9.17) is 5.11 Å². The first-order valence-electron chi connectivity index (χ1n) is 6.53. The van der Waals surface area contributed by atoms with Crippen molar-refractivity contribution in [3.8, 4) is 11.1 Å². The molecular formula is C18H14O2. The molecule has 3 aromatic carbocycles. The van der Waals surface area contributed by atoms with E-state index in [0.717, 1.165) is 27.5 Å². The summed E-state index contributed by atoms with van der Waals surface area (Å²) in [6.07, 6.45) is 0.0546. The summed E-state index contributed by atoms with van der Waals surface area (Å²) in [5.41, 5.74) is 3.11. The standard InChI is InChI=1S/C18H14O2/c19-18(20)12-13-9-10-15-7-4-8-16(17(15)11-13)14-5-2-1-3-6-14/h1-11H,12H2,(H,19,20). The molecule has 0 saturated heterocycles. The molecule has 0 spiro atoms. The molecule has 0 radical (unpaired) electrons. The number of carbonyl (C=O) groups is 1. The molecule has 3 rings (SSSR count). The van der Waals surface area contributed by atoms with Gasteiger partial charge < -0.3 is 5.11 Å². The maximum atomic E-state index is 10.9. The van der Waals surface area contributed by atoms with Crippen molar-refractivity contribution in [3.63, 3.8) is 0 Å². The number of hydrogen-bond donors (Lipinski definition) is 1. The Morgan fingerprint density at radius 3 is 2.45 bits per heavy atom. The Kier molecular flexibility index (Phi) is 3.21. The molecule has 3 aromatic rings. The van der Waals surface area contributed by atoms with Gasteiger partial charge in [-0.25, -0.2) is 0 Å². The molecule has 0 aliphatic heterocycles. The first kappa shape index (κ1) is 12.4. The van der Waals surface area contributed by atoms with E-state index in [1.165, 1.54) is 0 Å². The summed E-state index contributed by atoms with van der Waals surface area (Å²) in [4.78, 5) is 10.9. The highest BCUT2D eigenvalue weighted by Gasteiger charge is 2.06. The van der Waals surface area contributed by atoms with Gasteiger partial charge in [-0.15, -0.1) is 0 Å². The van der Waals surface area contributed by atoms with E-state index in [-0.39, 0.29) is 6.42 Å². The lowest BCUT2D eigenvalue weighted by atomic mass is 9.96. The number of rotatable bonds is 3. The van der Waals surface area contributed by atoms with Crippen LogP contribution in [0, 0.1) is 0 Å². The number of fused-ring (bicyclic) bond motifs is 1. The second kappa shape index (κ2) is 5.17. The van der Waals surface area contributed by atoms with Gasteiger partial charge in [0.2, 0.25) is 0 Å². The van der Waals surface area contributed by atoms with Crippen LogP contribution in [0.15, 0.2) is 66.7 Å². The van der Waals surface area contributed by atoms with Gasteiger partial charge in [-0.1, -0.05) is 60.7 Å². The van der Waals surface area contributed by atoms with Crippen molar-refractivity contribution in [2.45, 2.75) is 6.42 Å². The minimum absolute atomic E-state index is 0.0546. The normalized spacial score (nSPS) is 10.6. The average Bonchev–Trinajstić information content (AvgIpc) is 2.47. The van der Waals surface area contributed by atoms with Crippen molar-refractivity contribution in [1.82, 2.24) is 0 Å². The Bertz CT molecular complexity index is 761. The molecule has 0 aromatic heterocycles. The lowest BCUT2D eigenvalue weighted by Gasteiger charge is -2.08. The number of carboxylic acids is 1. The zero-order valence-corrected chi connectivity index (χ0v) is 10.9. The van der Waals surface area contributed by atoms with E-state index in [2.05, 4.69) is 18.2 Å². The van der Waals surface area contributed by atoms with Crippen molar-refractivity contribution in [2.75, 3.05) is 0 Å². The van der Waals surface area contributed by atoms with Crippen LogP contribution in [0.2, 0.25) is 0 Å². The molecule has 1 N–H and O–H groups in total. The second-order valence-corrected chi connectivity index (χ2v) is 4.80. The van der Waals surface area contributed by atoms with Crippen LogP contribution in [-0.4, -0.2) is 11.1 Å². The van der Waals surface area contributed by atoms with E-state index < -0.39 is 5.97 Å². The van der Waals surface area contributed by atoms with Crippen molar-refractivity contribution < 1.29 is 9.90 Å². The van der Waals surface area contributed by atoms with Crippen molar-refractivity contribution in [1.29, 1.82) is 0 Å². The van der Waals surface area contributed by atoms with E-state index in [1.807, 2.05) is 48.5 Å². The van der Waals surface area contributed by atoms with Gasteiger partial charge in [0.05, 0.1) is 6.42 Å². The van der Waals surface area contributed by atoms with E-state index in [0.29, 0.717) is 0 Å². The fourth-order valence-electron chi connectivity index (χ4n) is 2.47. The van der Waals surface area contributed by atoms with Gasteiger partial charge in [-0.3, -0.25) is 4.79 Å². The maximum absolute atomic E-state index is 10.9. The van der Waals surface area contributed by atoms with Crippen LogP contribution < -0.4 is 0 Å². The van der Waals surface area contributed by atoms with Gasteiger partial charge in [0.15, 0.2) is 0 Å². The third kappa shape index (κ3) is 2.41. The molecule has 0 amide bonds. The smallest absolute Gasteiger partial charge is 0.307 e. The molecule has 0 heterocycles. The van der Waals surface area contributed by atoms with Gasteiger partial charge in [-0.2, -0.15) is 0 Å². The topological polar surface area (TPSA) is 37.3 Å². The van der Waals surface area contributed by atoms with Crippen molar-refractivity contribution in [2.24, 2.45) is 0 Å². The second-order valence-electron chi connectivity index (χ2n) is 4.80. The summed E-state index contributed by atoms with van der Waals surface area (Å²) < 4.78 is 0. The Hall–Kier alpha value is -2.61. The quantitative estimate of drug-likeness (QED) is 0.770. The van der Waals surface area contributed by atoms with Crippen LogP contribution in [0.3, 0.4) is 0 Å². The third-order valence-electron chi connectivity index (χ3n) is 3.39. The molecule has 0 saturated carbocycles. The SMILES string of the molecule is O=C(O)Cc1ccc2cccc(-c3ccccc3)c2c1. The monoisotopic (exact) mass is 262 g/mol. The molecular weight excluding hydrogens is 248 g/mol. The molecule has 0 unspecified atom stereocenters. The lowest BCUT2D eigenvalue weighted by Crippen LogP contribution is -1.99. The predicted octanol–water partition coefficient (Wildman–Crippen LogP) is 4.13. The van der Waals surface area contributed by atoms with Gasteiger partial charge in [0.25, 0.3) is 0 Å². The van der Waals surface area contributed by atoms with Crippen LogP contribution in [0.25, 0.3) is 21.9 Å². The summed E-state index contributed by atoms with van der Waals surface area (Å²) in [6, 6.07) is 22.1. The maximum Gasteiger partial charge on any atom is 0.307 e. The van der Waals surface area contributed by atoms with Crippen LogP contribution in [0.1, 0.15) is 5.56 Å². The molecule has 2 heteroatoms. The molecule has 0 fully saturated rings. The summed E-state index contributed by atoms with van der Waals surface area (Å²) in [7, 11) is 0. The highest BCUT2D eigenvalue weighted by atomic mass is 16.4. The minimum Gasteiger partial charge on any atom is -0.481 e. The molecule has 0 aliphatic rings. The molecule has 0 bridgehead atoms. The first-order chi connectivity index (χ1) is 9.74. The zero-order valence-electron chi connectivity index (χ0n) is 10.9. The molecule has 2 nitrogen and oxygen atoms in total. The van der Waals surface area contributed by atoms with Gasteiger partial charge in [0, 0.05) is 0 Å². The van der Waals surface area contributed by atoms with Crippen LogP contribution in [0.4, 0.5) is 0 Å². The summed E-state index contributed by atoms with van der Waals surface area (Å²) in [5.74, 6) is -0.804. The van der Waals surface area contributed by atoms with Crippen LogP contribution >= 0.6 is 0 Å². The Balaban J connectivity index is 2.19. The summed E-state index contributed by atoms with van der Waals surface area (Å²) in [5, 5.41) is 11.1. The van der Waals surface area contributed by atoms with E-state index in [9.17, 15) is 4.79 Å². The number of aliphatic carboxylic acids is 1. The number of benzene rings is 3. The first-order valence-corrected chi connectivity index (χ1v) is 6.53. The largest absolute Gasteiger partial charge is 0.481 e. The lowest BCUT2D eigenvalue weighted by molar-refractivity contribution is -0.136. The molecule has 98 valence electrons. The van der Waals surface area contributed by atoms with Crippen LogP contribution in [0.5, 0.6) is 0 Å². The Morgan fingerprint density at radius 1 is 0.900 bits per heavy atom. The van der Waals surface area contributed by atoms with Gasteiger partial charge in [-0.05, 0) is 33.5 Å². The van der Waals surface area contributed by atoms with E-state index >= 15 is 0 Å². The van der Waals surface area contributed by atoms with Crippen molar-refractivity contribution in [3.05, 3.63) is 72.3 Å². The fourth-order valence-corrected chi connectivity index (χ4v) is 2.47. The highest BCUT2D eigenvalue weighted by Crippen LogP contribution is 2.29. The summed E-state index contributed by atoms with van der Waals surface area (Å²) >= 11 is 0. The van der Waals surface area contributed by atoms with Crippen molar-refractivity contribution >= 4 is 16.7 Å². The molecule has 0 aliphatic carbocycles. The average molecular weight is 262 g/mol. The number of carboxylic acid groups (broad SMARTS) is 1. The fraction of sp³-hybridized carbons (Fsp3) is 0.0556. The van der Waals surface area contributed by atoms with Gasteiger partial charge >= 0.3 is 5.97 Å². The minimum atomic E-state index is -0.804. The molecule has 20 heavy (non-hydrogen) atoms. The van der Waals surface area contributed by atoms with Gasteiger partial charge in [0.1, 0.15) is 0 Å². The zero-order chi connectivity index (χ0) is 13.9. The Morgan fingerprint density at radius 2 is 1.70 bits per heavy atom. The highest BCUT2D eigenvalue weighted by molar-refractivity contribution is 5.97. The summed E-state index contributed by atoms with van der Waals surface area (Å²) in [6.45, 7) is 0. The molecule has 0 atom stereocenters. The van der Waals surface area contributed by atoms with Crippen LogP contribution in [-0.2, 0) is 11.2 Å². The van der Waals surface area contributed by atoms with E-state index in [1.54, 1.807) is 0 Å². The third-order valence-corrected chi connectivity index (χ3v) is 3.39. The predicted molar refractivity (Wildman–Crippen MR) is 80.7 cm³/mol. The Labute approximate surface area is 117 Å².